The van der Waals surface area contributed by atoms with Gasteiger partial charge in [0.05, 0.1) is 0 Å². The van der Waals surface area contributed by atoms with Crippen LogP contribution in [0.3, 0.4) is 0 Å². The van der Waals surface area contributed by atoms with E-state index >= 15 is 0 Å². The molecular formula is C23H32N2O2S. The van der Waals surface area contributed by atoms with Crippen molar-refractivity contribution in [1.82, 2.24) is 10.6 Å². The lowest BCUT2D eigenvalue weighted by atomic mass is 9.49. The first-order chi connectivity index (χ1) is 13.6. The molecule has 4 bridgehead atoms. The average molecular weight is 401 g/mol. The highest BCUT2D eigenvalue weighted by Gasteiger charge is 2.50. The van der Waals surface area contributed by atoms with E-state index in [1.165, 1.54) is 38.5 Å². The lowest BCUT2D eigenvalue weighted by molar-refractivity contribution is -0.125. The Labute approximate surface area is 172 Å². The molecular weight excluding hydrogens is 368 g/mol. The van der Waals surface area contributed by atoms with Crippen molar-refractivity contribution in [3.8, 4) is 0 Å². The molecule has 4 fully saturated rings. The lowest BCUT2D eigenvalue weighted by Crippen LogP contribution is -2.54. The zero-order chi connectivity index (χ0) is 19.6. The molecule has 0 aromatic heterocycles. The number of carbonyl (C=O) groups is 2. The van der Waals surface area contributed by atoms with Gasteiger partial charge in [-0.3, -0.25) is 9.59 Å². The van der Waals surface area contributed by atoms with Crippen molar-refractivity contribution >= 4 is 23.6 Å². The fraction of sp³-hybridized carbons (Fsp3) is 0.652. The maximum absolute atomic E-state index is 13.0. The second-order valence-electron chi connectivity index (χ2n) is 9.31. The number of amides is 2. The minimum atomic E-state index is -0.464. The molecule has 1 aromatic rings. The molecule has 2 N–H and O–H groups in total. The molecule has 4 aliphatic carbocycles. The van der Waals surface area contributed by atoms with Gasteiger partial charge in [-0.05, 0) is 92.3 Å². The third kappa shape index (κ3) is 4.40. The Morgan fingerprint density at radius 3 is 2.25 bits per heavy atom. The van der Waals surface area contributed by atoms with Gasteiger partial charge < -0.3 is 10.6 Å². The third-order valence-electron chi connectivity index (χ3n) is 7.07. The van der Waals surface area contributed by atoms with E-state index in [0.29, 0.717) is 17.4 Å². The Hall–Kier alpha value is -1.49. The Morgan fingerprint density at radius 1 is 1.07 bits per heavy atom. The molecule has 5 rings (SSSR count). The quantitative estimate of drug-likeness (QED) is 0.696. The molecule has 0 spiro atoms. The standard InChI is InChI=1S/C23H32N2O2S/c1-28-8-7-20(25-21(26)19-5-3-2-4-6-19)22(27)24-15-23-12-16-9-17(13-23)11-18(10-16)14-23/h2-6,16-18,20H,7-15H2,1H3,(H,24,27)(H,25,26)/t16?,17?,18?,20-,23?/m1/s1. The molecule has 0 radical (unpaired) electrons. The van der Waals surface area contributed by atoms with Gasteiger partial charge >= 0.3 is 0 Å². The molecule has 4 saturated carbocycles. The number of rotatable bonds is 8. The van der Waals surface area contributed by atoms with E-state index in [4.69, 9.17) is 0 Å². The van der Waals surface area contributed by atoms with Crippen LogP contribution in [-0.2, 0) is 4.79 Å². The summed E-state index contributed by atoms with van der Waals surface area (Å²) < 4.78 is 0. The number of hydrogen-bond acceptors (Lipinski definition) is 3. The monoisotopic (exact) mass is 400 g/mol. The van der Waals surface area contributed by atoms with Gasteiger partial charge in [0.2, 0.25) is 5.91 Å². The molecule has 2 amide bonds. The molecule has 1 aromatic carbocycles. The van der Waals surface area contributed by atoms with E-state index in [0.717, 1.165) is 30.1 Å². The lowest BCUT2D eigenvalue weighted by Gasteiger charge is -2.57. The molecule has 28 heavy (non-hydrogen) atoms. The van der Waals surface area contributed by atoms with Crippen molar-refractivity contribution < 1.29 is 9.59 Å². The normalized spacial score (nSPS) is 31.4. The molecule has 0 aliphatic heterocycles. The molecule has 4 aliphatic rings. The second kappa shape index (κ2) is 8.48. The van der Waals surface area contributed by atoms with E-state index in [1.807, 2.05) is 24.5 Å². The second-order valence-corrected chi connectivity index (χ2v) is 10.3. The van der Waals surface area contributed by atoms with Gasteiger partial charge in [0.25, 0.3) is 5.91 Å². The van der Waals surface area contributed by atoms with Crippen molar-refractivity contribution in [1.29, 1.82) is 0 Å². The van der Waals surface area contributed by atoms with Crippen molar-refractivity contribution in [2.45, 2.75) is 51.0 Å². The van der Waals surface area contributed by atoms with Crippen LogP contribution in [0.5, 0.6) is 0 Å². The number of thioether (sulfide) groups is 1. The summed E-state index contributed by atoms with van der Waals surface area (Å²) in [4.78, 5) is 25.5. The van der Waals surface area contributed by atoms with Crippen LogP contribution in [0, 0.1) is 23.2 Å². The van der Waals surface area contributed by atoms with Crippen LogP contribution >= 0.6 is 11.8 Å². The zero-order valence-corrected chi connectivity index (χ0v) is 17.6. The molecule has 5 heteroatoms. The average Bonchev–Trinajstić information content (AvgIpc) is 2.69. The molecule has 152 valence electrons. The van der Waals surface area contributed by atoms with Crippen molar-refractivity contribution in [3.05, 3.63) is 35.9 Å². The van der Waals surface area contributed by atoms with Gasteiger partial charge in [-0.15, -0.1) is 0 Å². The van der Waals surface area contributed by atoms with Gasteiger partial charge in [-0.1, -0.05) is 18.2 Å². The van der Waals surface area contributed by atoms with Crippen LogP contribution in [0.25, 0.3) is 0 Å². The van der Waals surface area contributed by atoms with E-state index in [-0.39, 0.29) is 11.8 Å². The summed E-state index contributed by atoms with van der Waals surface area (Å²) in [6.45, 7) is 0.784. The van der Waals surface area contributed by atoms with E-state index in [1.54, 1.807) is 23.9 Å². The first kappa shape index (κ1) is 19.8. The highest BCUT2D eigenvalue weighted by atomic mass is 32.2. The molecule has 0 unspecified atom stereocenters. The minimum absolute atomic E-state index is 0.0194. The number of nitrogens with one attached hydrogen (secondary N) is 2. The largest absolute Gasteiger partial charge is 0.354 e. The SMILES string of the molecule is CSCC[C@@H](NC(=O)c1ccccc1)C(=O)NCC12CC3CC(CC(C3)C1)C2. The molecule has 0 saturated heterocycles. The Balaban J connectivity index is 1.36. The summed E-state index contributed by atoms with van der Waals surface area (Å²) in [5.74, 6) is 3.31. The molecule has 0 heterocycles. The van der Waals surface area contributed by atoms with Crippen molar-refractivity contribution in [2.75, 3.05) is 18.6 Å². The van der Waals surface area contributed by atoms with Gasteiger partial charge in [-0.2, -0.15) is 11.8 Å². The topological polar surface area (TPSA) is 58.2 Å². The number of hydrogen-bond donors (Lipinski definition) is 2. The van der Waals surface area contributed by atoms with Gasteiger partial charge in [0, 0.05) is 12.1 Å². The Morgan fingerprint density at radius 2 is 1.68 bits per heavy atom. The van der Waals surface area contributed by atoms with Crippen LogP contribution in [0.15, 0.2) is 30.3 Å². The predicted octanol–water partition coefficient (Wildman–Crippen LogP) is 3.87. The first-order valence-corrected chi connectivity index (χ1v) is 12.1. The summed E-state index contributed by atoms with van der Waals surface area (Å²) in [5.41, 5.74) is 0.920. The van der Waals surface area contributed by atoms with Crippen LogP contribution < -0.4 is 10.6 Å². The summed E-state index contributed by atoms with van der Waals surface area (Å²) in [6.07, 6.45) is 10.8. The summed E-state index contributed by atoms with van der Waals surface area (Å²) in [6, 6.07) is 8.69. The predicted molar refractivity (Wildman–Crippen MR) is 114 cm³/mol. The summed E-state index contributed by atoms with van der Waals surface area (Å²) >= 11 is 1.70. The highest BCUT2D eigenvalue weighted by Crippen LogP contribution is 2.59. The van der Waals surface area contributed by atoms with Crippen LogP contribution in [0.4, 0.5) is 0 Å². The molecule has 1 atom stereocenters. The fourth-order valence-electron chi connectivity index (χ4n) is 6.24. The minimum Gasteiger partial charge on any atom is -0.354 e. The van der Waals surface area contributed by atoms with Crippen LogP contribution in [-0.4, -0.2) is 36.4 Å². The van der Waals surface area contributed by atoms with Crippen LogP contribution in [0.2, 0.25) is 0 Å². The smallest absolute Gasteiger partial charge is 0.251 e. The van der Waals surface area contributed by atoms with Gasteiger partial charge in [0.1, 0.15) is 6.04 Å². The Bertz CT molecular complexity index is 671. The van der Waals surface area contributed by atoms with Gasteiger partial charge in [0.15, 0.2) is 0 Å². The highest BCUT2D eigenvalue weighted by molar-refractivity contribution is 7.98. The first-order valence-electron chi connectivity index (χ1n) is 10.7. The zero-order valence-electron chi connectivity index (χ0n) is 16.8. The fourth-order valence-corrected chi connectivity index (χ4v) is 6.71. The third-order valence-corrected chi connectivity index (χ3v) is 7.72. The Kier molecular flexibility index (Phi) is 6.00. The van der Waals surface area contributed by atoms with Crippen LogP contribution in [0.1, 0.15) is 55.3 Å². The van der Waals surface area contributed by atoms with E-state index < -0.39 is 6.04 Å². The maximum atomic E-state index is 13.0. The number of carbonyl (C=O) groups excluding carboxylic acids is 2. The number of benzene rings is 1. The summed E-state index contributed by atoms with van der Waals surface area (Å²) in [7, 11) is 0. The van der Waals surface area contributed by atoms with E-state index in [9.17, 15) is 9.59 Å². The van der Waals surface area contributed by atoms with Gasteiger partial charge in [-0.25, -0.2) is 0 Å². The van der Waals surface area contributed by atoms with Crippen molar-refractivity contribution in [3.63, 3.8) is 0 Å². The van der Waals surface area contributed by atoms with Crippen molar-refractivity contribution in [2.24, 2.45) is 23.2 Å². The summed E-state index contributed by atoms with van der Waals surface area (Å²) in [5, 5.41) is 6.20. The van der Waals surface area contributed by atoms with E-state index in [2.05, 4.69) is 10.6 Å². The maximum Gasteiger partial charge on any atom is 0.251 e. The molecule has 4 nitrogen and oxygen atoms in total.